The number of amides is 1. The van der Waals surface area contributed by atoms with Crippen molar-refractivity contribution in [1.29, 1.82) is 0 Å². The topological polar surface area (TPSA) is 129 Å². The zero-order chi connectivity index (χ0) is 17.6. The van der Waals surface area contributed by atoms with Gasteiger partial charge in [0.15, 0.2) is 0 Å². The number of aliphatic hydroxyl groups is 2. The Kier molecular flexibility index (Phi) is 6.47. The van der Waals surface area contributed by atoms with E-state index in [-0.39, 0.29) is 24.2 Å². The summed E-state index contributed by atoms with van der Waals surface area (Å²) in [5.41, 5.74) is -0.605. The van der Waals surface area contributed by atoms with Gasteiger partial charge in [-0.2, -0.15) is 0 Å². The van der Waals surface area contributed by atoms with Gasteiger partial charge >= 0.3 is 12.1 Å². The molecule has 23 heavy (non-hydrogen) atoms. The first-order valence-corrected chi connectivity index (χ1v) is 7.12. The average molecular weight is 326 g/mol. The number of alkyl carbamates (subject to hydrolysis) is 1. The Balaban J connectivity index is 2.51. The summed E-state index contributed by atoms with van der Waals surface area (Å²) in [6, 6.07) is 2.48. The Bertz CT molecular complexity index is 555. The third-order valence-corrected chi connectivity index (χ3v) is 2.80. The van der Waals surface area contributed by atoms with Crippen LogP contribution in [0.5, 0.6) is 0 Å². The third-order valence-electron chi connectivity index (χ3n) is 2.80. The number of carboxylic acid groups (broad SMARTS) is 1. The number of ether oxygens (including phenoxy) is 1. The second kappa shape index (κ2) is 7.89. The normalized spacial score (nSPS) is 14.0. The Hall–Kier alpha value is -2.19. The lowest BCUT2D eigenvalue weighted by molar-refractivity contribution is 0.00984. The van der Waals surface area contributed by atoms with E-state index in [1.807, 2.05) is 0 Å². The van der Waals surface area contributed by atoms with Crippen molar-refractivity contribution in [1.82, 2.24) is 10.3 Å². The van der Waals surface area contributed by atoms with E-state index in [1.54, 1.807) is 20.8 Å². The summed E-state index contributed by atoms with van der Waals surface area (Å²) in [4.78, 5) is 26.2. The minimum Gasteiger partial charge on any atom is -0.478 e. The molecule has 0 aliphatic heterocycles. The van der Waals surface area contributed by atoms with Crippen LogP contribution in [0.2, 0.25) is 0 Å². The molecule has 0 saturated carbocycles. The molecule has 0 bridgehead atoms. The number of carbonyl (C=O) groups is 2. The highest BCUT2D eigenvalue weighted by Gasteiger charge is 2.21. The van der Waals surface area contributed by atoms with Gasteiger partial charge in [0.1, 0.15) is 11.7 Å². The van der Waals surface area contributed by atoms with Crippen LogP contribution < -0.4 is 5.32 Å². The van der Waals surface area contributed by atoms with Crippen molar-refractivity contribution >= 4 is 12.1 Å². The van der Waals surface area contributed by atoms with Crippen LogP contribution in [0.1, 0.15) is 49.3 Å². The first-order chi connectivity index (χ1) is 10.6. The molecule has 1 aromatic heterocycles. The van der Waals surface area contributed by atoms with Crippen LogP contribution in [0, 0.1) is 0 Å². The molecule has 2 unspecified atom stereocenters. The van der Waals surface area contributed by atoms with E-state index in [9.17, 15) is 19.8 Å². The fraction of sp³-hybridized carbons (Fsp3) is 0.533. The standard InChI is InChI=1S/C15H22N2O6/c1-15(2,3)23-14(22)17-7-5-11(18)12(19)10-8-9(13(20)21)4-6-16-10/h4,6,8,11-12,18-19H,5,7H2,1-3H3,(H,17,22)(H,20,21). The molecule has 0 aliphatic carbocycles. The largest absolute Gasteiger partial charge is 0.478 e. The molecule has 4 N–H and O–H groups in total. The first-order valence-electron chi connectivity index (χ1n) is 7.12. The van der Waals surface area contributed by atoms with Gasteiger partial charge in [-0.3, -0.25) is 4.98 Å². The number of carbonyl (C=O) groups excluding carboxylic acids is 1. The SMILES string of the molecule is CC(C)(C)OC(=O)NCCC(O)C(O)c1cc(C(=O)O)ccn1. The van der Waals surface area contributed by atoms with Crippen LogP contribution in [0.25, 0.3) is 0 Å². The summed E-state index contributed by atoms with van der Waals surface area (Å²) in [7, 11) is 0. The summed E-state index contributed by atoms with van der Waals surface area (Å²) in [6.07, 6.45) is -1.88. The van der Waals surface area contributed by atoms with E-state index >= 15 is 0 Å². The highest BCUT2D eigenvalue weighted by atomic mass is 16.6. The number of carboxylic acids is 1. The fourth-order valence-corrected chi connectivity index (χ4v) is 1.73. The van der Waals surface area contributed by atoms with E-state index in [4.69, 9.17) is 9.84 Å². The lowest BCUT2D eigenvalue weighted by Crippen LogP contribution is -2.34. The van der Waals surface area contributed by atoms with Gasteiger partial charge in [0, 0.05) is 12.7 Å². The Morgan fingerprint density at radius 1 is 1.35 bits per heavy atom. The van der Waals surface area contributed by atoms with Crippen molar-refractivity contribution in [3.63, 3.8) is 0 Å². The van der Waals surface area contributed by atoms with Crippen LogP contribution >= 0.6 is 0 Å². The van der Waals surface area contributed by atoms with E-state index in [2.05, 4.69) is 10.3 Å². The zero-order valence-corrected chi connectivity index (χ0v) is 13.3. The molecule has 0 spiro atoms. The van der Waals surface area contributed by atoms with Gasteiger partial charge in [0.25, 0.3) is 0 Å². The molecule has 0 radical (unpaired) electrons. The van der Waals surface area contributed by atoms with Crippen molar-refractivity contribution in [3.05, 3.63) is 29.6 Å². The molecule has 1 aromatic rings. The fourth-order valence-electron chi connectivity index (χ4n) is 1.73. The predicted octanol–water partition coefficient (Wildman–Crippen LogP) is 1.09. The molecule has 1 rings (SSSR count). The highest BCUT2D eigenvalue weighted by molar-refractivity contribution is 5.87. The van der Waals surface area contributed by atoms with Gasteiger partial charge in [-0.15, -0.1) is 0 Å². The lowest BCUT2D eigenvalue weighted by atomic mass is 10.1. The molecular formula is C15H22N2O6. The van der Waals surface area contributed by atoms with Crippen LogP contribution in [0.15, 0.2) is 18.3 Å². The zero-order valence-electron chi connectivity index (χ0n) is 13.3. The number of nitrogens with one attached hydrogen (secondary N) is 1. The number of pyridine rings is 1. The number of nitrogens with zero attached hydrogens (tertiary/aromatic N) is 1. The van der Waals surface area contributed by atoms with Crippen LogP contribution in [0.4, 0.5) is 4.79 Å². The summed E-state index contributed by atoms with van der Waals surface area (Å²) < 4.78 is 5.03. The third kappa shape index (κ3) is 6.62. The number of aromatic nitrogens is 1. The molecule has 0 aromatic carbocycles. The second-order valence-corrected chi connectivity index (χ2v) is 6.00. The van der Waals surface area contributed by atoms with Crippen molar-refractivity contribution in [3.8, 4) is 0 Å². The van der Waals surface area contributed by atoms with Gasteiger partial charge in [-0.1, -0.05) is 0 Å². The van der Waals surface area contributed by atoms with Crippen molar-refractivity contribution < 1.29 is 29.6 Å². The molecule has 2 atom stereocenters. The molecule has 8 heteroatoms. The summed E-state index contributed by atoms with van der Waals surface area (Å²) in [5, 5.41) is 31.3. The number of aromatic carboxylic acids is 1. The number of hydrogen-bond acceptors (Lipinski definition) is 6. The Morgan fingerprint density at radius 2 is 2.00 bits per heavy atom. The second-order valence-electron chi connectivity index (χ2n) is 6.00. The summed E-state index contributed by atoms with van der Waals surface area (Å²) >= 11 is 0. The monoisotopic (exact) mass is 326 g/mol. The maximum absolute atomic E-state index is 11.4. The maximum Gasteiger partial charge on any atom is 0.407 e. The van der Waals surface area contributed by atoms with Gasteiger partial charge in [-0.25, -0.2) is 9.59 Å². The van der Waals surface area contributed by atoms with Gasteiger partial charge < -0.3 is 25.4 Å². The number of hydrogen-bond donors (Lipinski definition) is 4. The summed E-state index contributed by atoms with van der Waals surface area (Å²) in [5.74, 6) is -1.15. The molecule has 0 aliphatic rings. The molecule has 8 nitrogen and oxygen atoms in total. The smallest absolute Gasteiger partial charge is 0.407 e. The van der Waals surface area contributed by atoms with Gasteiger partial charge in [-0.05, 0) is 39.3 Å². The van der Waals surface area contributed by atoms with Gasteiger partial charge in [0.2, 0.25) is 0 Å². The quantitative estimate of drug-likeness (QED) is 0.615. The number of aliphatic hydroxyl groups excluding tert-OH is 2. The van der Waals surface area contributed by atoms with Crippen LogP contribution in [-0.2, 0) is 4.74 Å². The lowest BCUT2D eigenvalue weighted by Gasteiger charge is -2.21. The Morgan fingerprint density at radius 3 is 2.57 bits per heavy atom. The molecule has 1 heterocycles. The average Bonchev–Trinajstić information content (AvgIpc) is 2.44. The van der Waals surface area contributed by atoms with E-state index in [0.717, 1.165) is 0 Å². The van der Waals surface area contributed by atoms with E-state index in [0.29, 0.717) is 0 Å². The number of rotatable bonds is 6. The minimum absolute atomic E-state index is 0.0341. The van der Waals surface area contributed by atoms with Crippen molar-refractivity contribution in [2.45, 2.75) is 45.0 Å². The maximum atomic E-state index is 11.4. The molecular weight excluding hydrogens is 304 g/mol. The summed E-state index contributed by atoms with van der Waals surface area (Å²) in [6.45, 7) is 5.27. The van der Waals surface area contributed by atoms with Crippen molar-refractivity contribution in [2.75, 3.05) is 6.54 Å². The molecule has 0 saturated heterocycles. The van der Waals surface area contributed by atoms with Crippen LogP contribution in [0.3, 0.4) is 0 Å². The molecule has 1 amide bonds. The van der Waals surface area contributed by atoms with Gasteiger partial charge in [0.05, 0.1) is 17.4 Å². The van der Waals surface area contributed by atoms with Crippen LogP contribution in [-0.4, -0.2) is 50.6 Å². The molecule has 128 valence electrons. The minimum atomic E-state index is -1.35. The predicted molar refractivity (Wildman–Crippen MR) is 81.0 cm³/mol. The molecule has 0 fully saturated rings. The first kappa shape index (κ1) is 18.9. The van der Waals surface area contributed by atoms with E-state index in [1.165, 1.54) is 18.3 Å². The Labute approximate surface area is 134 Å². The highest BCUT2D eigenvalue weighted by Crippen LogP contribution is 2.17. The van der Waals surface area contributed by atoms with Crippen molar-refractivity contribution in [2.24, 2.45) is 0 Å². The van der Waals surface area contributed by atoms with E-state index < -0.39 is 29.9 Å².